The van der Waals surface area contributed by atoms with Gasteiger partial charge in [0, 0.05) is 24.4 Å². The molecule has 0 atom stereocenters. The molecular weight excluding hydrogens is 428 g/mol. The number of carbonyl (C=O) groups excluding carboxylic acids is 1. The minimum atomic E-state index is 0.316. The quantitative estimate of drug-likeness (QED) is 0.314. The van der Waals surface area contributed by atoms with Gasteiger partial charge in [0.2, 0.25) is 0 Å². The van der Waals surface area contributed by atoms with E-state index in [0.29, 0.717) is 30.8 Å². The Morgan fingerprint density at radius 3 is 2.58 bits per heavy atom. The average molecular weight is 471 g/mol. The summed E-state index contributed by atoms with van der Waals surface area (Å²) in [5, 5.41) is 3.29. The Morgan fingerprint density at radius 2 is 1.91 bits per heavy atom. The summed E-state index contributed by atoms with van der Waals surface area (Å²) in [6.45, 7) is 14.2. The van der Waals surface area contributed by atoms with Crippen molar-refractivity contribution in [2.75, 3.05) is 26.2 Å². The number of ether oxygens (including phenoxy) is 1. The van der Waals surface area contributed by atoms with Gasteiger partial charge in [-0.1, -0.05) is 32.9 Å². The van der Waals surface area contributed by atoms with Crippen molar-refractivity contribution in [2.45, 2.75) is 79.6 Å². The molecule has 1 aliphatic carbocycles. The monoisotopic (exact) mass is 470 g/mol. The van der Waals surface area contributed by atoms with Crippen molar-refractivity contribution in [1.29, 1.82) is 0 Å². The number of thiophene rings is 1. The van der Waals surface area contributed by atoms with Crippen LogP contribution in [0.3, 0.4) is 0 Å². The summed E-state index contributed by atoms with van der Waals surface area (Å²) in [5.41, 5.74) is 12.2. The Kier molecular flexibility index (Phi) is 9.14. The van der Waals surface area contributed by atoms with E-state index < -0.39 is 0 Å². The van der Waals surface area contributed by atoms with Crippen LogP contribution in [0.15, 0.2) is 12.1 Å². The van der Waals surface area contributed by atoms with Crippen LogP contribution >= 0.6 is 11.3 Å². The maximum absolute atomic E-state index is 13.2. The zero-order chi connectivity index (χ0) is 24.0. The van der Waals surface area contributed by atoms with Crippen molar-refractivity contribution in [3.05, 3.63) is 49.7 Å². The lowest BCUT2D eigenvalue weighted by atomic mass is 9.74. The van der Waals surface area contributed by atoms with E-state index in [1.807, 2.05) is 0 Å². The number of hydrogen-bond acceptors (Lipinski definition) is 5. The van der Waals surface area contributed by atoms with E-state index in [4.69, 9.17) is 10.5 Å². The van der Waals surface area contributed by atoms with Crippen LogP contribution in [0.1, 0.15) is 82.4 Å². The SMILES string of the molecule is CCc1sc(C(=O)CCc2cc(C)c(OCCCNCCN)c(C)c2)c2c1CC(C)(C)CC2. The molecule has 33 heavy (non-hydrogen) atoms. The molecule has 1 aliphatic rings. The van der Waals surface area contributed by atoms with Gasteiger partial charge in [0.05, 0.1) is 11.5 Å². The molecule has 3 N–H and O–H groups in total. The van der Waals surface area contributed by atoms with Gasteiger partial charge in [-0.25, -0.2) is 0 Å². The third-order valence-corrected chi connectivity index (χ3v) is 8.17. The van der Waals surface area contributed by atoms with E-state index in [0.717, 1.165) is 66.9 Å². The third-order valence-electron chi connectivity index (χ3n) is 6.71. The standard InChI is InChI=1S/C28H42N2O2S/c1-6-25-23-18-28(4,5)11-10-22(23)27(33-25)24(31)9-8-21-16-19(2)26(20(3)17-21)32-15-7-13-30-14-12-29/h16-17,30H,6-15,18,29H2,1-5H3. The van der Waals surface area contributed by atoms with Gasteiger partial charge in [0.15, 0.2) is 5.78 Å². The molecule has 1 aromatic heterocycles. The highest BCUT2D eigenvalue weighted by Gasteiger charge is 2.31. The average Bonchev–Trinajstić information content (AvgIpc) is 3.12. The number of nitrogens with one attached hydrogen (secondary N) is 1. The van der Waals surface area contributed by atoms with Gasteiger partial charge in [-0.2, -0.15) is 0 Å². The zero-order valence-electron chi connectivity index (χ0n) is 21.2. The molecule has 1 heterocycles. The van der Waals surface area contributed by atoms with Crippen LogP contribution in [0.25, 0.3) is 0 Å². The molecule has 182 valence electrons. The number of nitrogens with two attached hydrogens (primary N) is 1. The first-order valence-electron chi connectivity index (χ1n) is 12.6. The molecular formula is C28H42N2O2S. The van der Waals surface area contributed by atoms with Crippen LogP contribution in [0.5, 0.6) is 5.75 Å². The minimum Gasteiger partial charge on any atom is -0.493 e. The molecule has 0 aliphatic heterocycles. The topological polar surface area (TPSA) is 64.3 Å². The normalized spacial score (nSPS) is 14.8. The first-order valence-corrected chi connectivity index (χ1v) is 13.4. The van der Waals surface area contributed by atoms with Crippen LogP contribution in [0.4, 0.5) is 0 Å². The summed E-state index contributed by atoms with van der Waals surface area (Å²) in [5.74, 6) is 1.29. The first kappa shape index (κ1) is 25.9. The van der Waals surface area contributed by atoms with Crippen molar-refractivity contribution in [2.24, 2.45) is 11.1 Å². The Hall–Kier alpha value is -1.69. The Bertz CT molecular complexity index is 938. The fraction of sp³-hybridized carbons (Fsp3) is 0.607. The number of hydrogen-bond donors (Lipinski definition) is 2. The summed E-state index contributed by atoms with van der Waals surface area (Å²) >= 11 is 1.76. The van der Waals surface area contributed by atoms with Crippen LogP contribution < -0.4 is 15.8 Å². The van der Waals surface area contributed by atoms with Crippen LogP contribution in [0.2, 0.25) is 0 Å². The highest BCUT2D eigenvalue weighted by molar-refractivity contribution is 7.14. The molecule has 4 nitrogen and oxygen atoms in total. The molecule has 0 saturated heterocycles. The maximum atomic E-state index is 13.2. The molecule has 0 amide bonds. The maximum Gasteiger partial charge on any atom is 0.173 e. The molecule has 0 unspecified atom stereocenters. The second-order valence-electron chi connectivity index (χ2n) is 10.2. The number of aryl methyl sites for hydroxylation is 4. The molecule has 0 saturated carbocycles. The van der Waals surface area contributed by atoms with Gasteiger partial charge in [-0.15, -0.1) is 11.3 Å². The van der Waals surface area contributed by atoms with E-state index >= 15 is 0 Å². The van der Waals surface area contributed by atoms with E-state index in [2.05, 4.69) is 52.1 Å². The van der Waals surface area contributed by atoms with Crippen molar-refractivity contribution < 1.29 is 9.53 Å². The lowest BCUT2D eigenvalue weighted by Gasteiger charge is -2.30. The van der Waals surface area contributed by atoms with Crippen molar-refractivity contribution in [3.8, 4) is 5.75 Å². The summed E-state index contributed by atoms with van der Waals surface area (Å²) in [6.07, 6.45) is 6.67. The van der Waals surface area contributed by atoms with Gasteiger partial charge in [0.25, 0.3) is 0 Å². The van der Waals surface area contributed by atoms with E-state index in [9.17, 15) is 4.79 Å². The smallest absolute Gasteiger partial charge is 0.173 e. The first-order chi connectivity index (χ1) is 15.8. The lowest BCUT2D eigenvalue weighted by Crippen LogP contribution is -2.24. The number of Topliss-reactive ketones (excluding diaryl/α,β-unsaturated/α-hetero) is 1. The van der Waals surface area contributed by atoms with Gasteiger partial charge in [-0.05, 0) is 92.1 Å². The molecule has 0 radical (unpaired) electrons. The highest BCUT2D eigenvalue weighted by atomic mass is 32.1. The lowest BCUT2D eigenvalue weighted by molar-refractivity contribution is 0.0985. The molecule has 0 fully saturated rings. The number of carbonyl (C=O) groups is 1. The fourth-order valence-electron chi connectivity index (χ4n) is 4.94. The number of rotatable bonds is 12. The second-order valence-corrected chi connectivity index (χ2v) is 11.3. The minimum absolute atomic E-state index is 0.316. The highest BCUT2D eigenvalue weighted by Crippen LogP contribution is 2.42. The van der Waals surface area contributed by atoms with Crippen LogP contribution in [-0.4, -0.2) is 32.0 Å². The molecule has 5 heteroatoms. The summed E-state index contributed by atoms with van der Waals surface area (Å²) in [6, 6.07) is 4.37. The molecule has 1 aromatic carbocycles. The van der Waals surface area contributed by atoms with Crippen molar-refractivity contribution in [1.82, 2.24) is 5.32 Å². The molecule has 0 spiro atoms. The van der Waals surface area contributed by atoms with Gasteiger partial charge < -0.3 is 15.8 Å². The Balaban J connectivity index is 1.61. The van der Waals surface area contributed by atoms with Crippen molar-refractivity contribution in [3.63, 3.8) is 0 Å². The van der Waals surface area contributed by atoms with Crippen molar-refractivity contribution >= 4 is 17.1 Å². The zero-order valence-corrected chi connectivity index (χ0v) is 22.1. The summed E-state index contributed by atoms with van der Waals surface area (Å²) < 4.78 is 6.06. The van der Waals surface area contributed by atoms with E-state index in [-0.39, 0.29) is 0 Å². The number of ketones is 1. The Morgan fingerprint density at radius 1 is 1.18 bits per heavy atom. The van der Waals surface area contributed by atoms with Crippen LogP contribution in [-0.2, 0) is 25.7 Å². The van der Waals surface area contributed by atoms with Gasteiger partial charge in [0.1, 0.15) is 5.75 Å². The number of fused-ring (bicyclic) bond motifs is 1. The fourth-order valence-corrected chi connectivity index (χ4v) is 6.22. The summed E-state index contributed by atoms with van der Waals surface area (Å²) in [7, 11) is 0. The molecule has 0 bridgehead atoms. The third kappa shape index (κ3) is 6.68. The largest absolute Gasteiger partial charge is 0.493 e. The Labute approximate surface area is 204 Å². The van der Waals surface area contributed by atoms with Gasteiger partial charge in [-0.3, -0.25) is 4.79 Å². The predicted molar refractivity (Wildman–Crippen MR) is 140 cm³/mol. The summed E-state index contributed by atoms with van der Waals surface area (Å²) in [4.78, 5) is 15.7. The predicted octanol–water partition coefficient (Wildman–Crippen LogP) is 5.57. The van der Waals surface area contributed by atoms with Crippen LogP contribution in [0, 0.1) is 19.3 Å². The molecule has 3 rings (SSSR count). The van der Waals surface area contributed by atoms with E-state index in [1.165, 1.54) is 28.0 Å². The number of benzene rings is 1. The van der Waals surface area contributed by atoms with Gasteiger partial charge >= 0.3 is 0 Å². The second kappa shape index (κ2) is 11.6. The van der Waals surface area contributed by atoms with E-state index in [1.54, 1.807) is 11.3 Å². The molecule has 2 aromatic rings.